The molecule has 7 nitrogen and oxygen atoms in total. The van der Waals surface area contributed by atoms with Gasteiger partial charge in [-0.15, -0.1) is 0 Å². The first-order chi connectivity index (χ1) is 13.5. The van der Waals surface area contributed by atoms with Crippen LogP contribution in [-0.2, 0) is 11.3 Å². The summed E-state index contributed by atoms with van der Waals surface area (Å²) in [5.74, 6) is 0.923. The molecule has 1 aromatic heterocycles. The van der Waals surface area contributed by atoms with Crippen LogP contribution in [0.2, 0.25) is 0 Å². The van der Waals surface area contributed by atoms with E-state index in [0.717, 1.165) is 42.8 Å². The summed E-state index contributed by atoms with van der Waals surface area (Å²) in [4.78, 5) is 30.0. The maximum absolute atomic E-state index is 13.4. The van der Waals surface area contributed by atoms with E-state index in [1.807, 2.05) is 41.0 Å². The lowest BCUT2D eigenvalue weighted by atomic mass is 9.78. The fourth-order valence-electron chi connectivity index (χ4n) is 4.46. The van der Waals surface area contributed by atoms with Gasteiger partial charge >= 0.3 is 0 Å². The zero-order chi connectivity index (χ0) is 19.7. The van der Waals surface area contributed by atoms with Gasteiger partial charge in [0.05, 0.1) is 24.3 Å². The number of likely N-dealkylation sites (tertiary alicyclic amines) is 2. The van der Waals surface area contributed by atoms with Crippen molar-refractivity contribution in [1.29, 1.82) is 0 Å². The van der Waals surface area contributed by atoms with Crippen molar-refractivity contribution in [3.8, 4) is 5.75 Å². The van der Waals surface area contributed by atoms with Crippen LogP contribution >= 0.6 is 0 Å². The molecule has 0 radical (unpaired) electrons. The van der Waals surface area contributed by atoms with Gasteiger partial charge in [0.2, 0.25) is 5.91 Å². The Balaban J connectivity index is 1.48. The molecule has 4 rings (SSSR count). The number of nitrogens with zero attached hydrogens (tertiary/aromatic N) is 3. The molecule has 3 heterocycles. The first-order valence-corrected chi connectivity index (χ1v) is 9.74. The molecule has 2 fully saturated rings. The standard InChI is InChI=1S/C21H26N4O3/c1-15-18(12-22-23-15)19(26)25-10-8-21(14-25)7-4-9-24(20(21)27)13-16-5-3-6-17(11-16)28-2/h3,5-6,11-12H,4,7-10,13-14H2,1-2H3,(H,22,23)/t21-/m0/s1. The molecular weight excluding hydrogens is 356 g/mol. The Kier molecular flexibility index (Phi) is 4.83. The third-order valence-corrected chi connectivity index (χ3v) is 6.03. The van der Waals surface area contributed by atoms with Crippen LogP contribution in [0.25, 0.3) is 0 Å². The van der Waals surface area contributed by atoms with Crippen molar-refractivity contribution in [1.82, 2.24) is 20.0 Å². The Morgan fingerprint density at radius 2 is 2.18 bits per heavy atom. The number of H-pyrrole nitrogens is 1. The number of benzene rings is 1. The van der Waals surface area contributed by atoms with Crippen LogP contribution in [0.4, 0.5) is 0 Å². The molecule has 2 amide bonds. The normalized spacial score (nSPS) is 22.1. The molecule has 0 saturated carbocycles. The van der Waals surface area contributed by atoms with Gasteiger partial charge in [0.1, 0.15) is 5.75 Å². The molecule has 1 N–H and O–H groups in total. The lowest BCUT2D eigenvalue weighted by Crippen LogP contribution is -2.50. The van der Waals surface area contributed by atoms with E-state index in [4.69, 9.17) is 4.74 Å². The molecule has 2 saturated heterocycles. The minimum Gasteiger partial charge on any atom is -0.497 e. The van der Waals surface area contributed by atoms with Gasteiger partial charge in [-0.05, 0) is 43.9 Å². The number of aromatic nitrogens is 2. The lowest BCUT2D eigenvalue weighted by Gasteiger charge is -2.39. The third-order valence-electron chi connectivity index (χ3n) is 6.03. The zero-order valence-electron chi connectivity index (χ0n) is 16.4. The summed E-state index contributed by atoms with van der Waals surface area (Å²) in [5.41, 5.74) is 1.96. The summed E-state index contributed by atoms with van der Waals surface area (Å²) >= 11 is 0. The minimum atomic E-state index is -0.454. The molecule has 2 aliphatic heterocycles. The second-order valence-corrected chi connectivity index (χ2v) is 7.85. The van der Waals surface area contributed by atoms with Crippen molar-refractivity contribution in [3.05, 3.63) is 47.3 Å². The summed E-state index contributed by atoms with van der Waals surface area (Å²) in [6.45, 7) is 4.28. The van der Waals surface area contributed by atoms with Gasteiger partial charge in [-0.25, -0.2) is 0 Å². The van der Waals surface area contributed by atoms with Crippen molar-refractivity contribution in [3.63, 3.8) is 0 Å². The SMILES string of the molecule is COc1cccc(CN2CCC[C@@]3(CCN(C(=O)c4cn[nH]c4C)C3)C2=O)c1. The number of aryl methyl sites for hydroxylation is 1. The first-order valence-electron chi connectivity index (χ1n) is 9.74. The molecule has 0 bridgehead atoms. The topological polar surface area (TPSA) is 78.5 Å². The number of nitrogens with one attached hydrogen (secondary N) is 1. The van der Waals surface area contributed by atoms with Crippen LogP contribution in [-0.4, -0.2) is 58.6 Å². The second-order valence-electron chi connectivity index (χ2n) is 7.85. The highest BCUT2D eigenvalue weighted by atomic mass is 16.5. The van der Waals surface area contributed by atoms with Crippen LogP contribution in [0.5, 0.6) is 5.75 Å². The zero-order valence-corrected chi connectivity index (χ0v) is 16.4. The summed E-state index contributed by atoms with van der Waals surface area (Å²) in [5, 5.41) is 6.76. The molecular formula is C21H26N4O3. The second kappa shape index (κ2) is 7.30. The van der Waals surface area contributed by atoms with E-state index in [1.54, 1.807) is 13.3 Å². The van der Waals surface area contributed by atoms with Crippen molar-refractivity contribution < 1.29 is 14.3 Å². The van der Waals surface area contributed by atoms with E-state index in [9.17, 15) is 9.59 Å². The van der Waals surface area contributed by atoms with Crippen molar-refractivity contribution in [2.45, 2.75) is 32.7 Å². The number of piperidine rings is 1. The highest BCUT2D eigenvalue weighted by Gasteiger charge is 2.49. The first kappa shape index (κ1) is 18.5. The number of carbonyl (C=O) groups excluding carboxylic acids is 2. The van der Waals surface area contributed by atoms with E-state index in [2.05, 4.69) is 10.2 Å². The number of hydrogen-bond donors (Lipinski definition) is 1. The van der Waals surface area contributed by atoms with Gasteiger partial charge in [0, 0.05) is 31.9 Å². The molecule has 2 aliphatic rings. The van der Waals surface area contributed by atoms with Gasteiger partial charge in [-0.3, -0.25) is 14.7 Å². The molecule has 1 aromatic carbocycles. The number of ether oxygens (including phenoxy) is 1. The predicted molar refractivity (Wildman–Crippen MR) is 104 cm³/mol. The largest absolute Gasteiger partial charge is 0.497 e. The predicted octanol–water partition coefficient (Wildman–Crippen LogP) is 2.38. The van der Waals surface area contributed by atoms with Gasteiger partial charge in [0.15, 0.2) is 0 Å². The molecule has 2 aromatic rings. The van der Waals surface area contributed by atoms with Crippen molar-refractivity contribution >= 4 is 11.8 Å². The molecule has 1 atom stereocenters. The summed E-state index contributed by atoms with van der Waals surface area (Å²) in [6, 6.07) is 7.84. The molecule has 0 unspecified atom stereocenters. The van der Waals surface area contributed by atoms with E-state index < -0.39 is 5.41 Å². The van der Waals surface area contributed by atoms with E-state index in [0.29, 0.717) is 25.2 Å². The molecule has 7 heteroatoms. The number of aromatic amines is 1. The number of methoxy groups -OCH3 is 1. The smallest absolute Gasteiger partial charge is 0.257 e. The Morgan fingerprint density at radius 1 is 1.32 bits per heavy atom. The Hall–Kier alpha value is -2.83. The average Bonchev–Trinajstić information content (AvgIpc) is 3.32. The average molecular weight is 382 g/mol. The lowest BCUT2D eigenvalue weighted by molar-refractivity contribution is -0.146. The minimum absolute atomic E-state index is 0.0409. The van der Waals surface area contributed by atoms with Crippen LogP contribution < -0.4 is 4.74 Å². The quantitative estimate of drug-likeness (QED) is 0.881. The van der Waals surface area contributed by atoms with Crippen LogP contribution in [0.1, 0.15) is 40.9 Å². The Morgan fingerprint density at radius 3 is 2.93 bits per heavy atom. The molecule has 28 heavy (non-hydrogen) atoms. The van der Waals surface area contributed by atoms with Crippen LogP contribution in [0, 0.1) is 12.3 Å². The molecule has 0 aliphatic carbocycles. The van der Waals surface area contributed by atoms with Gasteiger partial charge < -0.3 is 14.5 Å². The summed E-state index contributed by atoms with van der Waals surface area (Å²) in [6.07, 6.45) is 4.10. The maximum atomic E-state index is 13.4. The number of hydrogen-bond acceptors (Lipinski definition) is 4. The Bertz CT molecular complexity index is 893. The van der Waals surface area contributed by atoms with E-state index in [-0.39, 0.29) is 11.8 Å². The van der Waals surface area contributed by atoms with Crippen LogP contribution in [0.15, 0.2) is 30.5 Å². The number of amides is 2. The highest BCUT2D eigenvalue weighted by molar-refractivity contribution is 5.96. The van der Waals surface area contributed by atoms with Crippen molar-refractivity contribution in [2.75, 3.05) is 26.7 Å². The monoisotopic (exact) mass is 382 g/mol. The van der Waals surface area contributed by atoms with Gasteiger partial charge in [-0.1, -0.05) is 12.1 Å². The third kappa shape index (κ3) is 3.25. The highest BCUT2D eigenvalue weighted by Crippen LogP contribution is 2.41. The van der Waals surface area contributed by atoms with E-state index >= 15 is 0 Å². The maximum Gasteiger partial charge on any atom is 0.257 e. The Labute approximate surface area is 164 Å². The summed E-state index contributed by atoms with van der Waals surface area (Å²) in [7, 11) is 1.64. The van der Waals surface area contributed by atoms with E-state index in [1.165, 1.54) is 0 Å². The van der Waals surface area contributed by atoms with Crippen LogP contribution in [0.3, 0.4) is 0 Å². The number of carbonyl (C=O) groups is 2. The number of rotatable bonds is 4. The molecule has 1 spiro atoms. The van der Waals surface area contributed by atoms with Gasteiger partial charge in [-0.2, -0.15) is 5.10 Å². The van der Waals surface area contributed by atoms with Gasteiger partial charge in [0.25, 0.3) is 5.91 Å². The molecule has 148 valence electrons. The fraction of sp³-hybridized carbons (Fsp3) is 0.476. The fourth-order valence-corrected chi connectivity index (χ4v) is 4.46. The summed E-state index contributed by atoms with van der Waals surface area (Å²) < 4.78 is 5.29. The van der Waals surface area contributed by atoms with Crippen molar-refractivity contribution in [2.24, 2.45) is 5.41 Å².